The highest BCUT2D eigenvalue weighted by atomic mass is 19.2. The number of unbranched alkanes of at least 4 members (excludes halogenated alkanes) is 1. The van der Waals surface area contributed by atoms with Crippen molar-refractivity contribution in [1.29, 1.82) is 0 Å². The molecule has 0 spiro atoms. The molecule has 0 radical (unpaired) electrons. The fraction of sp³-hybridized carbons (Fsp3) is 0.652. The Balaban J connectivity index is 4.85. The van der Waals surface area contributed by atoms with E-state index in [1.54, 1.807) is 11.2 Å². The van der Waals surface area contributed by atoms with E-state index in [1.807, 2.05) is 12.1 Å². The highest BCUT2D eigenvalue weighted by Crippen LogP contribution is 2.23. The Hall–Kier alpha value is -1.46. The highest BCUT2D eigenvalue weighted by Gasteiger charge is 2.16. The fourth-order valence-corrected chi connectivity index (χ4v) is 3.16. The number of allylic oxidation sites excluding steroid dienone is 3. The Morgan fingerprint density at radius 3 is 2.00 bits per heavy atom. The molecule has 0 bridgehead atoms. The van der Waals surface area contributed by atoms with Crippen LogP contribution in [-0.2, 0) is 0 Å². The van der Waals surface area contributed by atoms with Gasteiger partial charge in [-0.1, -0.05) is 46.1 Å². The molecule has 0 amide bonds. The van der Waals surface area contributed by atoms with Gasteiger partial charge >= 0.3 is 0 Å². The Morgan fingerprint density at radius 2 is 1.50 bits per heavy atom. The average Bonchev–Trinajstić information content (AvgIpc) is 2.68. The first-order chi connectivity index (χ1) is 13.4. The largest absolute Gasteiger partial charge is 0.309 e. The molecule has 3 nitrogen and oxygen atoms in total. The summed E-state index contributed by atoms with van der Waals surface area (Å²) in [6.07, 6.45) is 9.51. The van der Waals surface area contributed by atoms with Gasteiger partial charge in [-0.05, 0) is 51.7 Å². The lowest BCUT2D eigenvalue weighted by molar-refractivity contribution is 0.0614. The minimum absolute atomic E-state index is 0.130. The summed E-state index contributed by atoms with van der Waals surface area (Å²) in [6, 6.07) is 0. The number of hydrogen-bond acceptors (Lipinski definition) is 3. The van der Waals surface area contributed by atoms with Gasteiger partial charge in [-0.15, -0.1) is 0 Å². The first-order valence-electron chi connectivity index (χ1n) is 10.6. The third-order valence-corrected chi connectivity index (χ3v) is 4.57. The number of hydrazine groups is 1. The second-order valence-corrected chi connectivity index (χ2v) is 7.11. The van der Waals surface area contributed by atoms with Crippen molar-refractivity contribution in [2.75, 3.05) is 39.8 Å². The number of halogens is 2. The lowest BCUT2D eigenvalue weighted by atomic mass is 10.1. The van der Waals surface area contributed by atoms with E-state index in [1.165, 1.54) is 12.2 Å². The van der Waals surface area contributed by atoms with Crippen LogP contribution in [-0.4, -0.2) is 54.7 Å². The van der Waals surface area contributed by atoms with Gasteiger partial charge in [-0.2, -0.15) is 0 Å². The maximum Gasteiger partial charge on any atom is 0.159 e. The second-order valence-electron chi connectivity index (χ2n) is 7.11. The van der Waals surface area contributed by atoms with Crippen LogP contribution in [0.3, 0.4) is 0 Å². The predicted molar refractivity (Wildman–Crippen MR) is 118 cm³/mol. The van der Waals surface area contributed by atoms with Crippen LogP contribution in [0.25, 0.3) is 0 Å². The van der Waals surface area contributed by atoms with Crippen LogP contribution in [0.2, 0.25) is 0 Å². The molecule has 0 aliphatic heterocycles. The van der Waals surface area contributed by atoms with Crippen LogP contribution in [0, 0.1) is 0 Å². The van der Waals surface area contributed by atoms with Crippen molar-refractivity contribution in [2.24, 2.45) is 0 Å². The van der Waals surface area contributed by atoms with Gasteiger partial charge in [-0.25, -0.2) is 13.8 Å². The summed E-state index contributed by atoms with van der Waals surface area (Å²) < 4.78 is 29.2. The fourth-order valence-electron chi connectivity index (χ4n) is 3.16. The smallest absolute Gasteiger partial charge is 0.159 e. The van der Waals surface area contributed by atoms with Crippen LogP contribution in [0.1, 0.15) is 59.3 Å². The second kappa shape index (κ2) is 16.5. The normalized spacial score (nSPS) is 13.1. The van der Waals surface area contributed by atoms with Gasteiger partial charge in [0.25, 0.3) is 0 Å². The van der Waals surface area contributed by atoms with E-state index in [0.29, 0.717) is 6.42 Å². The van der Waals surface area contributed by atoms with Crippen molar-refractivity contribution in [3.63, 3.8) is 0 Å². The summed E-state index contributed by atoms with van der Waals surface area (Å²) in [5.74, 6) is -1.44. The third kappa shape index (κ3) is 10.8. The summed E-state index contributed by atoms with van der Waals surface area (Å²) >= 11 is 0. The van der Waals surface area contributed by atoms with Crippen molar-refractivity contribution in [3.05, 3.63) is 48.7 Å². The number of rotatable bonds is 17. The molecule has 0 fully saturated rings. The van der Waals surface area contributed by atoms with E-state index in [4.69, 9.17) is 0 Å². The Labute approximate surface area is 172 Å². The molecule has 0 aromatic heterocycles. The SMILES string of the molecule is C=C/C=C(CN(C=C)N(C)CCC)\C(F)=C(\F)CCCCN(CCC)CCC. The van der Waals surface area contributed by atoms with E-state index < -0.39 is 11.7 Å². The van der Waals surface area contributed by atoms with Gasteiger partial charge in [0.1, 0.15) is 5.83 Å². The zero-order valence-electron chi connectivity index (χ0n) is 18.5. The van der Waals surface area contributed by atoms with Crippen molar-refractivity contribution >= 4 is 0 Å². The van der Waals surface area contributed by atoms with Crippen molar-refractivity contribution in [2.45, 2.75) is 59.3 Å². The summed E-state index contributed by atoms with van der Waals surface area (Å²) in [4.78, 5) is 2.40. The molecule has 5 heteroatoms. The number of hydrogen-bond donors (Lipinski definition) is 0. The Kier molecular flexibility index (Phi) is 15.6. The summed E-state index contributed by atoms with van der Waals surface area (Å²) in [6.45, 7) is 17.9. The average molecular weight is 398 g/mol. The van der Waals surface area contributed by atoms with Crippen molar-refractivity contribution in [3.8, 4) is 0 Å². The zero-order valence-corrected chi connectivity index (χ0v) is 18.5. The molecule has 0 N–H and O–H groups in total. The standard InChI is InChI=1S/C23H41F2N3/c1-7-14-21(20-28(11-5)26(6)16-8-2)23(25)22(24)15-12-13-19-27(17-9-3)18-10-4/h7,11,14H,1,5,8-10,12-13,15-20H2,2-4,6H3/b21-14-,23-22-. The topological polar surface area (TPSA) is 9.72 Å². The van der Waals surface area contributed by atoms with Gasteiger partial charge in [0.15, 0.2) is 5.83 Å². The third-order valence-electron chi connectivity index (χ3n) is 4.57. The minimum atomic E-state index is -0.768. The quantitative estimate of drug-likeness (QED) is 0.163. The molecule has 0 unspecified atom stereocenters. The Morgan fingerprint density at radius 1 is 0.893 bits per heavy atom. The molecule has 28 heavy (non-hydrogen) atoms. The predicted octanol–water partition coefficient (Wildman–Crippen LogP) is 6.24. The zero-order chi connectivity index (χ0) is 21.4. The van der Waals surface area contributed by atoms with E-state index >= 15 is 0 Å². The summed E-state index contributed by atoms with van der Waals surface area (Å²) in [5, 5.41) is 3.74. The first kappa shape index (κ1) is 26.5. The van der Waals surface area contributed by atoms with Crippen LogP contribution < -0.4 is 0 Å². The van der Waals surface area contributed by atoms with Gasteiger partial charge in [0.2, 0.25) is 0 Å². The van der Waals surface area contributed by atoms with Crippen LogP contribution in [0.15, 0.2) is 48.7 Å². The lowest BCUT2D eigenvalue weighted by Crippen LogP contribution is -2.37. The molecule has 0 aliphatic carbocycles. The summed E-state index contributed by atoms with van der Waals surface area (Å²) in [5.41, 5.74) is 0.286. The van der Waals surface area contributed by atoms with Gasteiger partial charge < -0.3 is 9.91 Å². The Bertz CT molecular complexity index is 494. The molecule has 0 aliphatic rings. The molecule has 0 rings (SSSR count). The first-order valence-corrected chi connectivity index (χ1v) is 10.6. The highest BCUT2D eigenvalue weighted by molar-refractivity contribution is 5.32. The molecule has 0 aromatic carbocycles. The lowest BCUT2D eigenvalue weighted by Gasteiger charge is -2.31. The van der Waals surface area contributed by atoms with E-state index in [-0.39, 0.29) is 18.5 Å². The molecule has 162 valence electrons. The van der Waals surface area contributed by atoms with Gasteiger partial charge in [0, 0.05) is 31.8 Å². The van der Waals surface area contributed by atoms with Crippen molar-refractivity contribution < 1.29 is 8.78 Å². The minimum Gasteiger partial charge on any atom is -0.309 e. The molecular formula is C23H41F2N3. The molecule has 0 aromatic rings. The monoisotopic (exact) mass is 397 g/mol. The maximum atomic E-state index is 14.7. The molecule has 0 saturated heterocycles. The van der Waals surface area contributed by atoms with Crippen LogP contribution in [0.5, 0.6) is 0 Å². The van der Waals surface area contributed by atoms with E-state index in [9.17, 15) is 8.78 Å². The summed E-state index contributed by atoms with van der Waals surface area (Å²) in [7, 11) is 1.91. The van der Waals surface area contributed by atoms with E-state index in [0.717, 1.165) is 51.9 Å². The van der Waals surface area contributed by atoms with Gasteiger partial charge in [0.05, 0.1) is 6.54 Å². The van der Waals surface area contributed by atoms with Gasteiger partial charge in [-0.3, -0.25) is 0 Å². The molecule has 0 saturated carbocycles. The maximum absolute atomic E-state index is 14.7. The van der Waals surface area contributed by atoms with Crippen molar-refractivity contribution in [1.82, 2.24) is 14.9 Å². The molecule has 0 atom stereocenters. The molecular weight excluding hydrogens is 356 g/mol. The molecule has 0 heterocycles. The number of nitrogens with zero attached hydrogens (tertiary/aromatic N) is 3. The van der Waals surface area contributed by atoms with Crippen LogP contribution >= 0.6 is 0 Å². The van der Waals surface area contributed by atoms with Crippen LogP contribution in [0.4, 0.5) is 8.78 Å². The van der Waals surface area contributed by atoms with E-state index in [2.05, 4.69) is 38.8 Å².